The summed E-state index contributed by atoms with van der Waals surface area (Å²) in [5, 5.41) is 19.0. The number of oxime groups is 1. The predicted octanol–water partition coefficient (Wildman–Crippen LogP) is 3.73. The van der Waals surface area contributed by atoms with Gasteiger partial charge in [-0.1, -0.05) is 19.0 Å². The first-order valence-corrected chi connectivity index (χ1v) is 11.6. The monoisotopic (exact) mass is 424 g/mol. The molecule has 29 heavy (non-hydrogen) atoms. The first-order chi connectivity index (χ1) is 13.4. The Morgan fingerprint density at radius 1 is 1.10 bits per heavy atom. The minimum atomic E-state index is -0.275. The van der Waals surface area contributed by atoms with E-state index in [2.05, 4.69) is 24.3 Å². The summed E-state index contributed by atoms with van der Waals surface area (Å²) < 4.78 is 0. The molecule has 0 amide bonds. The highest BCUT2D eigenvalue weighted by Crippen LogP contribution is 2.65. The van der Waals surface area contributed by atoms with E-state index < -0.39 is 0 Å². The fraction of sp³-hybridized carbons (Fsp3) is 0.913. The minimum absolute atomic E-state index is 0. The Balaban J connectivity index is 0.00000205. The number of nitrogens with zero attached hydrogens (tertiary/aromatic N) is 1. The van der Waals surface area contributed by atoms with Gasteiger partial charge in [0.05, 0.1) is 11.8 Å². The Bertz CT molecular complexity index is 679. The summed E-state index contributed by atoms with van der Waals surface area (Å²) in [5.74, 6) is 2.41. The van der Waals surface area contributed by atoms with E-state index in [1.165, 1.54) is 0 Å². The van der Waals surface area contributed by atoms with E-state index in [1.807, 2.05) is 0 Å². The molecule has 1 aliphatic heterocycles. The van der Waals surface area contributed by atoms with Gasteiger partial charge in [0.15, 0.2) is 0 Å². The van der Waals surface area contributed by atoms with Gasteiger partial charge in [0.2, 0.25) is 0 Å². The van der Waals surface area contributed by atoms with Crippen LogP contribution in [0.1, 0.15) is 71.6 Å². The number of hydrogen-bond donors (Lipinski definition) is 2. The molecule has 8 atom stereocenters. The number of ketones is 1. The molecule has 4 aliphatic carbocycles. The summed E-state index contributed by atoms with van der Waals surface area (Å²) in [4.78, 5) is 18.4. The number of carbonyl (C=O) groups is 1. The number of halogens is 1. The molecule has 5 nitrogen and oxygen atoms in total. The number of carbonyl (C=O) groups excluding carboxylic acids is 1. The second kappa shape index (κ2) is 7.80. The summed E-state index contributed by atoms with van der Waals surface area (Å²) in [6, 6.07) is 0. The van der Waals surface area contributed by atoms with Crippen LogP contribution in [0.15, 0.2) is 5.16 Å². The lowest BCUT2D eigenvalue weighted by molar-refractivity contribution is -0.153. The van der Waals surface area contributed by atoms with Crippen molar-refractivity contribution in [2.45, 2.75) is 83.8 Å². The maximum Gasteiger partial charge on any atom is 0.141 e. The summed E-state index contributed by atoms with van der Waals surface area (Å²) in [6.07, 6.45) is 8.80. The second-order valence-electron chi connectivity index (χ2n) is 10.8. The molecule has 6 heteroatoms. The van der Waals surface area contributed by atoms with E-state index in [1.54, 1.807) is 0 Å². The molecule has 0 unspecified atom stereocenters. The average Bonchev–Trinajstić information content (AvgIpc) is 3.29. The molecule has 5 rings (SSSR count). The van der Waals surface area contributed by atoms with Crippen molar-refractivity contribution in [3.05, 3.63) is 0 Å². The first kappa shape index (κ1) is 21.6. The third kappa shape index (κ3) is 3.36. The quantitative estimate of drug-likeness (QED) is 0.662. The van der Waals surface area contributed by atoms with Crippen LogP contribution in [0.25, 0.3) is 0 Å². The average molecular weight is 425 g/mol. The molecule has 5 aliphatic rings. The smallest absolute Gasteiger partial charge is 0.141 e. The first-order valence-electron chi connectivity index (χ1n) is 11.6. The Kier molecular flexibility index (Phi) is 5.80. The highest BCUT2D eigenvalue weighted by molar-refractivity contribution is 5.87. The zero-order valence-electron chi connectivity index (χ0n) is 17.9. The van der Waals surface area contributed by atoms with Crippen molar-refractivity contribution in [3.63, 3.8) is 0 Å². The highest BCUT2D eigenvalue weighted by Gasteiger charge is 2.61. The fourth-order valence-electron chi connectivity index (χ4n) is 7.82. The number of rotatable bonds is 2. The van der Waals surface area contributed by atoms with Gasteiger partial charge >= 0.3 is 0 Å². The number of nitrogens with one attached hydrogen (secondary N) is 1. The minimum Gasteiger partial charge on any atom is -0.393 e. The van der Waals surface area contributed by atoms with Gasteiger partial charge in [-0.2, -0.15) is 0 Å². The van der Waals surface area contributed by atoms with Gasteiger partial charge in [-0.3, -0.25) is 4.79 Å². The van der Waals surface area contributed by atoms with Crippen LogP contribution in [0, 0.1) is 34.5 Å². The van der Waals surface area contributed by atoms with Crippen LogP contribution in [0.4, 0.5) is 0 Å². The van der Waals surface area contributed by atoms with Crippen LogP contribution in [-0.2, 0) is 9.63 Å². The molecule has 1 heterocycles. The molecule has 164 valence electrons. The lowest BCUT2D eigenvalue weighted by Gasteiger charge is -2.60. The van der Waals surface area contributed by atoms with Crippen molar-refractivity contribution in [2.75, 3.05) is 13.1 Å². The number of aliphatic hydroxyl groups excluding tert-OH is 1. The third-order valence-electron chi connectivity index (χ3n) is 9.57. The molecule has 0 bridgehead atoms. The standard InChI is InChI=1S/C23H36N2O3.ClH/c1-22-8-5-14(25-28-15-7-10-24-13-15)11-19(22)20(26)12-16-17-3-4-21(27)23(17,2)9-6-18(16)22;/h15-20,24,26H,3-13H2,1-2H3;1H/b25-14+;/t15-,16+,17+,18+,19-,20-,22-,23+;/m1./s1. The van der Waals surface area contributed by atoms with Gasteiger partial charge < -0.3 is 15.3 Å². The molecule has 0 aromatic rings. The molecule has 0 spiro atoms. The van der Waals surface area contributed by atoms with Crippen molar-refractivity contribution >= 4 is 23.9 Å². The summed E-state index contributed by atoms with van der Waals surface area (Å²) >= 11 is 0. The third-order valence-corrected chi connectivity index (χ3v) is 9.57. The Morgan fingerprint density at radius 3 is 2.69 bits per heavy atom. The van der Waals surface area contributed by atoms with E-state index in [-0.39, 0.29) is 41.4 Å². The van der Waals surface area contributed by atoms with Crippen LogP contribution in [0.2, 0.25) is 0 Å². The Labute approximate surface area is 180 Å². The highest BCUT2D eigenvalue weighted by atomic mass is 35.5. The topological polar surface area (TPSA) is 70.9 Å². The van der Waals surface area contributed by atoms with Crippen molar-refractivity contribution < 1.29 is 14.7 Å². The van der Waals surface area contributed by atoms with Gasteiger partial charge in [0, 0.05) is 24.8 Å². The van der Waals surface area contributed by atoms with Gasteiger partial charge in [-0.05, 0) is 80.6 Å². The molecule has 1 saturated heterocycles. The number of Topliss-reactive ketones (excluding diaryl/α,β-unsaturated/α-hetero) is 1. The van der Waals surface area contributed by atoms with E-state index in [0.29, 0.717) is 23.5 Å². The van der Waals surface area contributed by atoms with Crippen LogP contribution in [-0.4, -0.2) is 41.9 Å². The number of hydrogen-bond acceptors (Lipinski definition) is 5. The molecular weight excluding hydrogens is 388 g/mol. The number of fused-ring (bicyclic) bond motifs is 5. The van der Waals surface area contributed by atoms with Gasteiger partial charge in [0.25, 0.3) is 0 Å². The molecular formula is C23H37ClN2O3. The van der Waals surface area contributed by atoms with Crippen molar-refractivity contribution in [1.82, 2.24) is 5.32 Å². The SMILES string of the molecule is C[C@]12CC/C(=N\O[C@@H]3CCNC3)C[C@@H]1[C@H](O)C[C@@H]1[C@@H]2CC[C@]2(C)C(=O)CC[C@@H]12.Cl. The molecule has 5 fully saturated rings. The molecule has 0 aromatic carbocycles. The Hall–Kier alpha value is -0.650. The summed E-state index contributed by atoms with van der Waals surface area (Å²) in [7, 11) is 0. The van der Waals surface area contributed by atoms with Gasteiger partial charge in [-0.15, -0.1) is 12.4 Å². The maximum absolute atomic E-state index is 12.6. The van der Waals surface area contributed by atoms with E-state index in [9.17, 15) is 9.90 Å². The largest absolute Gasteiger partial charge is 0.393 e. The van der Waals surface area contributed by atoms with Crippen LogP contribution < -0.4 is 5.32 Å². The summed E-state index contributed by atoms with van der Waals surface area (Å²) in [5.41, 5.74) is 1.20. The van der Waals surface area contributed by atoms with E-state index in [4.69, 9.17) is 4.84 Å². The second-order valence-corrected chi connectivity index (χ2v) is 10.8. The van der Waals surface area contributed by atoms with Crippen LogP contribution >= 0.6 is 12.4 Å². The van der Waals surface area contributed by atoms with Gasteiger partial charge in [0.1, 0.15) is 11.9 Å². The normalized spacial score (nSPS) is 50.4. The predicted molar refractivity (Wildman–Crippen MR) is 115 cm³/mol. The lowest BCUT2D eigenvalue weighted by atomic mass is 9.44. The van der Waals surface area contributed by atoms with Crippen LogP contribution in [0.3, 0.4) is 0 Å². The number of aliphatic hydroxyl groups is 1. The van der Waals surface area contributed by atoms with Crippen molar-refractivity contribution in [3.8, 4) is 0 Å². The van der Waals surface area contributed by atoms with Crippen molar-refractivity contribution in [2.24, 2.45) is 39.7 Å². The van der Waals surface area contributed by atoms with Gasteiger partial charge in [-0.25, -0.2) is 0 Å². The van der Waals surface area contributed by atoms with E-state index in [0.717, 1.165) is 76.6 Å². The molecule has 0 aromatic heterocycles. The maximum atomic E-state index is 12.6. The van der Waals surface area contributed by atoms with E-state index >= 15 is 0 Å². The Morgan fingerprint density at radius 2 is 1.93 bits per heavy atom. The lowest BCUT2D eigenvalue weighted by Crippen LogP contribution is -2.57. The molecule has 4 saturated carbocycles. The zero-order valence-corrected chi connectivity index (χ0v) is 18.7. The fourth-order valence-corrected chi connectivity index (χ4v) is 7.82. The zero-order chi connectivity index (χ0) is 19.5. The van der Waals surface area contributed by atoms with Crippen LogP contribution in [0.5, 0.6) is 0 Å². The summed E-state index contributed by atoms with van der Waals surface area (Å²) in [6.45, 7) is 6.55. The molecule has 0 radical (unpaired) electrons. The van der Waals surface area contributed by atoms with Crippen molar-refractivity contribution in [1.29, 1.82) is 0 Å². The molecule has 2 N–H and O–H groups in total.